The maximum atomic E-state index is 11.8. The number of aromatic hydroxyl groups is 1. The van der Waals surface area contributed by atoms with Gasteiger partial charge in [-0.3, -0.25) is 14.9 Å². The predicted molar refractivity (Wildman–Crippen MR) is 91.8 cm³/mol. The largest absolute Gasteiger partial charge is 0.508 e. The van der Waals surface area contributed by atoms with Gasteiger partial charge in [-0.2, -0.15) is 0 Å². The average Bonchev–Trinajstić information content (AvgIpc) is 2.55. The maximum Gasteiger partial charge on any atom is 0.270 e. The minimum absolute atomic E-state index is 0.0225. The highest BCUT2D eigenvalue weighted by atomic mass is 35.5. The normalized spacial score (nSPS) is 10.8. The topological polar surface area (TPSA) is 92.5 Å². The van der Waals surface area contributed by atoms with E-state index in [2.05, 4.69) is 5.32 Å². The van der Waals surface area contributed by atoms with Crippen molar-refractivity contribution in [3.63, 3.8) is 0 Å². The van der Waals surface area contributed by atoms with Crippen LogP contribution < -0.4 is 5.32 Å². The lowest BCUT2D eigenvalue weighted by molar-refractivity contribution is -0.384. The number of hydrogen-bond acceptors (Lipinski definition) is 4. The van der Waals surface area contributed by atoms with Crippen molar-refractivity contribution in [1.82, 2.24) is 5.32 Å². The first-order chi connectivity index (χ1) is 11.4. The fourth-order valence-electron chi connectivity index (χ4n) is 1.95. The minimum atomic E-state index is -0.564. The standard InChI is InChI=1S/C17H15ClN2O4/c1-11-2-3-12(8-15(11)18)4-7-17(22)19-10-13-9-14(20(23)24)5-6-16(13)21/h2-9,21H,10H2,1H3,(H,19,22)/b7-4+. The number of hydrogen-bond donors (Lipinski definition) is 2. The number of amides is 1. The van der Waals surface area contributed by atoms with Gasteiger partial charge >= 0.3 is 0 Å². The number of halogens is 1. The summed E-state index contributed by atoms with van der Waals surface area (Å²) in [5, 5.41) is 23.6. The summed E-state index contributed by atoms with van der Waals surface area (Å²) in [6.45, 7) is 1.86. The fraction of sp³-hybridized carbons (Fsp3) is 0.118. The summed E-state index contributed by atoms with van der Waals surface area (Å²) in [6, 6.07) is 9.07. The Morgan fingerprint density at radius 3 is 2.75 bits per heavy atom. The summed E-state index contributed by atoms with van der Waals surface area (Å²) in [7, 11) is 0. The first kappa shape index (κ1) is 17.5. The molecule has 2 N–H and O–H groups in total. The molecule has 7 heteroatoms. The monoisotopic (exact) mass is 346 g/mol. The molecule has 2 aromatic carbocycles. The molecule has 2 aromatic rings. The zero-order valence-electron chi connectivity index (χ0n) is 12.8. The maximum absolute atomic E-state index is 11.8. The SMILES string of the molecule is Cc1ccc(/C=C/C(=O)NCc2cc([N+](=O)[O-])ccc2O)cc1Cl. The lowest BCUT2D eigenvalue weighted by Gasteiger charge is -2.05. The smallest absolute Gasteiger partial charge is 0.270 e. The van der Waals surface area contributed by atoms with Crippen molar-refractivity contribution in [2.75, 3.05) is 0 Å². The van der Waals surface area contributed by atoms with Crippen molar-refractivity contribution in [3.05, 3.63) is 74.3 Å². The quantitative estimate of drug-likeness (QED) is 0.491. The van der Waals surface area contributed by atoms with E-state index in [0.29, 0.717) is 5.02 Å². The molecule has 0 fully saturated rings. The summed E-state index contributed by atoms with van der Waals surface area (Å²) >= 11 is 6.01. The number of phenols is 1. The van der Waals surface area contributed by atoms with Gasteiger partial charge < -0.3 is 10.4 Å². The van der Waals surface area contributed by atoms with Crippen LogP contribution in [0.25, 0.3) is 6.08 Å². The van der Waals surface area contributed by atoms with Crippen LogP contribution >= 0.6 is 11.6 Å². The molecule has 2 rings (SSSR count). The van der Waals surface area contributed by atoms with Crippen LogP contribution in [0.1, 0.15) is 16.7 Å². The highest BCUT2D eigenvalue weighted by molar-refractivity contribution is 6.31. The van der Waals surface area contributed by atoms with E-state index in [1.54, 1.807) is 12.1 Å². The summed E-state index contributed by atoms with van der Waals surface area (Å²) in [5.41, 5.74) is 1.84. The van der Waals surface area contributed by atoms with Crippen LogP contribution in [0.2, 0.25) is 5.02 Å². The number of non-ortho nitro benzene ring substituents is 1. The molecule has 0 aliphatic carbocycles. The third kappa shape index (κ3) is 4.57. The molecule has 0 unspecified atom stereocenters. The van der Waals surface area contributed by atoms with Crippen LogP contribution in [0, 0.1) is 17.0 Å². The number of carbonyl (C=O) groups is 1. The zero-order chi connectivity index (χ0) is 17.7. The molecule has 0 atom stereocenters. The van der Waals surface area contributed by atoms with Crippen LogP contribution in [-0.2, 0) is 11.3 Å². The number of aryl methyl sites for hydroxylation is 1. The molecule has 0 radical (unpaired) electrons. The number of nitro benzene ring substituents is 1. The van der Waals surface area contributed by atoms with Gasteiger partial charge in [0.2, 0.25) is 5.91 Å². The second kappa shape index (κ2) is 7.61. The molecular formula is C17H15ClN2O4. The minimum Gasteiger partial charge on any atom is -0.508 e. The van der Waals surface area contributed by atoms with Crippen LogP contribution in [0.5, 0.6) is 5.75 Å². The van der Waals surface area contributed by atoms with E-state index in [1.807, 2.05) is 19.1 Å². The van der Waals surface area contributed by atoms with Gasteiger partial charge in [-0.05, 0) is 36.3 Å². The number of nitrogens with zero attached hydrogens (tertiary/aromatic N) is 1. The first-order valence-electron chi connectivity index (χ1n) is 7.05. The second-order valence-corrected chi connectivity index (χ2v) is 5.54. The highest BCUT2D eigenvalue weighted by Crippen LogP contribution is 2.22. The molecule has 124 valence electrons. The van der Waals surface area contributed by atoms with Crippen molar-refractivity contribution in [3.8, 4) is 5.75 Å². The van der Waals surface area contributed by atoms with E-state index < -0.39 is 10.8 Å². The molecule has 0 saturated carbocycles. The predicted octanol–water partition coefficient (Wildman–Crippen LogP) is 3.59. The van der Waals surface area contributed by atoms with Gasteiger partial charge in [0.1, 0.15) is 5.75 Å². The van der Waals surface area contributed by atoms with Crippen molar-refractivity contribution in [2.24, 2.45) is 0 Å². The van der Waals surface area contributed by atoms with Gasteiger partial charge in [0.15, 0.2) is 0 Å². The van der Waals surface area contributed by atoms with Gasteiger partial charge in [0, 0.05) is 35.3 Å². The molecule has 0 aliphatic rings. The molecule has 1 amide bonds. The molecule has 0 heterocycles. The van der Waals surface area contributed by atoms with Gasteiger partial charge in [0.05, 0.1) is 4.92 Å². The Labute approximate surface area is 143 Å². The summed E-state index contributed by atoms with van der Waals surface area (Å²) in [5.74, 6) is -0.507. The number of benzene rings is 2. The summed E-state index contributed by atoms with van der Waals surface area (Å²) in [4.78, 5) is 22.0. The van der Waals surface area contributed by atoms with Crippen molar-refractivity contribution < 1.29 is 14.8 Å². The molecule has 0 saturated heterocycles. The van der Waals surface area contributed by atoms with E-state index >= 15 is 0 Å². The Morgan fingerprint density at radius 1 is 1.33 bits per heavy atom. The van der Waals surface area contributed by atoms with E-state index in [0.717, 1.165) is 11.1 Å². The van der Waals surface area contributed by atoms with Gasteiger partial charge in [0.25, 0.3) is 5.69 Å². The third-order valence-electron chi connectivity index (χ3n) is 3.35. The molecular weight excluding hydrogens is 332 g/mol. The highest BCUT2D eigenvalue weighted by Gasteiger charge is 2.10. The van der Waals surface area contributed by atoms with E-state index in [1.165, 1.54) is 24.3 Å². The number of rotatable bonds is 5. The molecule has 0 aliphatic heterocycles. The number of phenolic OH excluding ortho intramolecular Hbond substituents is 1. The Balaban J connectivity index is 2.00. The molecule has 0 spiro atoms. The number of nitro groups is 1. The number of nitrogens with one attached hydrogen (secondary N) is 1. The second-order valence-electron chi connectivity index (χ2n) is 5.13. The Morgan fingerprint density at radius 2 is 2.08 bits per heavy atom. The Kier molecular flexibility index (Phi) is 5.55. The van der Waals surface area contributed by atoms with E-state index in [9.17, 15) is 20.0 Å². The zero-order valence-corrected chi connectivity index (χ0v) is 13.6. The van der Waals surface area contributed by atoms with Crippen LogP contribution in [0.3, 0.4) is 0 Å². The summed E-state index contributed by atoms with van der Waals surface area (Å²) in [6.07, 6.45) is 2.93. The van der Waals surface area contributed by atoms with Gasteiger partial charge in [-0.25, -0.2) is 0 Å². The Hall–Kier alpha value is -2.86. The van der Waals surface area contributed by atoms with E-state index in [4.69, 9.17) is 11.6 Å². The Bertz CT molecular complexity index is 818. The lowest BCUT2D eigenvalue weighted by atomic mass is 10.1. The van der Waals surface area contributed by atoms with Crippen LogP contribution in [0.4, 0.5) is 5.69 Å². The third-order valence-corrected chi connectivity index (χ3v) is 3.76. The molecule has 6 nitrogen and oxygen atoms in total. The van der Waals surface area contributed by atoms with Gasteiger partial charge in [-0.15, -0.1) is 0 Å². The number of carbonyl (C=O) groups excluding carboxylic acids is 1. The molecule has 0 bridgehead atoms. The fourth-order valence-corrected chi connectivity index (χ4v) is 2.14. The molecule has 24 heavy (non-hydrogen) atoms. The van der Waals surface area contributed by atoms with Crippen molar-refractivity contribution in [2.45, 2.75) is 13.5 Å². The van der Waals surface area contributed by atoms with Gasteiger partial charge in [-0.1, -0.05) is 23.7 Å². The lowest BCUT2D eigenvalue weighted by Crippen LogP contribution is -2.20. The molecule has 0 aromatic heterocycles. The van der Waals surface area contributed by atoms with Crippen LogP contribution in [-0.4, -0.2) is 15.9 Å². The van der Waals surface area contributed by atoms with Crippen molar-refractivity contribution >= 4 is 29.3 Å². The van der Waals surface area contributed by atoms with Crippen LogP contribution in [0.15, 0.2) is 42.5 Å². The van der Waals surface area contributed by atoms with E-state index in [-0.39, 0.29) is 23.5 Å². The first-order valence-corrected chi connectivity index (χ1v) is 7.43. The summed E-state index contributed by atoms with van der Waals surface area (Å²) < 4.78 is 0. The van der Waals surface area contributed by atoms with Crippen molar-refractivity contribution in [1.29, 1.82) is 0 Å². The average molecular weight is 347 g/mol.